The van der Waals surface area contributed by atoms with E-state index < -0.39 is 22.0 Å². The maximum absolute atomic E-state index is 12.2. The highest BCUT2D eigenvalue weighted by Gasteiger charge is 2.32. The zero-order chi connectivity index (χ0) is 15.3. The van der Waals surface area contributed by atoms with E-state index in [9.17, 15) is 18.0 Å². The maximum atomic E-state index is 12.2. The Morgan fingerprint density at radius 1 is 1.45 bits per heavy atom. The normalized spacial score (nSPS) is 12.5. The van der Waals surface area contributed by atoms with E-state index in [-0.39, 0.29) is 11.2 Å². The second kappa shape index (κ2) is 6.29. The van der Waals surface area contributed by atoms with Gasteiger partial charge >= 0.3 is 0 Å². The topological polar surface area (TPSA) is 104 Å². The summed E-state index contributed by atoms with van der Waals surface area (Å²) in [5.41, 5.74) is 1.73. The van der Waals surface area contributed by atoms with Gasteiger partial charge in [-0.2, -0.15) is 4.31 Å². The number of amides is 1. The van der Waals surface area contributed by atoms with Crippen LogP contribution in [0.1, 0.15) is 5.56 Å². The van der Waals surface area contributed by atoms with Crippen molar-refractivity contribution in [3.63, 3.8) is 0 Å². The summed E-state index contributed by atoms with van der Waals surface area (Å²) in [5.74, 6) is 1.19. The Kier molecular flexibility index (Phi) is 4.99. The van der Waals surface area contributed by atoms with Gasteiger partial charge in [-0.25, -0.2) is 13.9 Å². The molecule has 0 aliphatic heterocycles. The van der Waals surface area contributed by atoms with E-state index >= 15 is 0 Å². The number of hydroxylamine groups is 1. The minimum Gasteiger partial charge on any atom is -0.301 e. The molecule has 106 valence electrons. The van der Waals surface area contributed by atoms with Crippen LogP contribution in [-0.2, 0) is 19.6 Å². The SMILES string of the molecule is C#Cc1ccc(S(=O)(=O)N(C)[C@@H](C=O)C(=O)NO)cc1. The molecule has 0 saturated carbocycles. The zero-order valence-electron chi connectivity index (χ0n) is 10.5. The highest BCUT2D eigenvalue weighted by molar-refractivity contribution is 7.89. The van der Waals surface area contributed by atoms with Crippen molar-refractivity contribution in [2.24, 2.45) is 0 Å². The highest BCUT2D eigenvalue weighted by Crippen LogP contribution is 2.16. The molecule has 0 heterocycles. The van der Waals surface area contributed by atoms with Crippen LogP contribution < -0.4 is 5.48 Å². The van der Waals surface area contributed by atoms with Crippen LogP contribution in [0.4, 0.5) is 0 Å². The molecule has 8 heteroatoms. The quantitative estimate of drug-likeness (QED) is 0.247. The third kappa shape index (κ3) is 3.03. The molecule has 0 spiro atoms. The summed E-state index contributed by atoms with van der Waals surface area (Å²) >= 11 is 0. The molecule has 1 aromatic rings. The molecule has 0 fully saturated rings. The first-order valence-electron chi connectivity index (χ1n) is 5.32. The third-order valence-electron chi connectivity index (χ3n) is 2.60. The smallest absolute Gasteiger partial charge is 0.269 e. The highest BCUT2D eigenvalue weighted by atomic mass is 32.2. The van der Waals surface area contributed by atoms with E-state index in [2.05, 4.69) is 5.92 Å². The number of sulfonamides is 1. The molecular formula is C12H12N2O5S. The molecule has 1 rings (SSSR count). The van der Waals surface area contributed by atoms with E-state index in [1.165, 1.54) is 29.7 Å². The lowest BCUT2D eigenvalue weighted by molar-refractivity contribution is -0.135. The number of nitrogens with one attached hydrogen (secondary N) is 1. The average Bonchev–Trinajstić information content (AvgIpc) is 2.47. The van der Waals surface area contributed by atoms with Crippen molar-refractivity contribution in [1.82, 2.24) is 9.79 Å². The number of hydrogen-bond acceptors (Lipinski definition) is 5. The summed E-state index contributed by atoms with van der Waals surface area (Å²) in [5, 5.41) is 8.49. The predicted molar refractivity (Wildman–Crippen MR) is 69.1 cm³/mol. The lowest BCUT2D eigenvalue weighted by atomic mass is 10.2. The molecule has 0 bridgehead atoms. The van der Waals surface area contributed by atoms with Gasteiger partial charge in [-0.15, -0.1) is 6.42 Å². The first kappa shape index (κ1) is 15.8. The minimum atomic E-state index is -4.07. The Labute approximate surface area is 116 Å². The number of carbonyl (C=O) groups excluding carboxylic acids is 2. The van der Waals surface area contributed by atoms with Crippen molar-refractivity contribution < 1.29 is 23.2 Å². The molecule has 1 aromatic carbocycles. The maximum Gasteiger partial charge on any atom is 0.269 e. The van der Waals surface area contributed by atoms with Gasteiger partial charge in [-0.1, -0.05) is 5.92 Å². The zero-order valence-corrected chi connectivity index (χ0v) is 11.3. The van der Waals surface area contributed by atoms with Crippen LogP contribution in [0.25, 0.3) is 0 Å². The van der Waals surface area contributed by atoms with Gasteiger partial charge in [-0.3, -0.25) is 10.0 Å². The largest absolute Gasteiger partial charge is 0.301 e. The molecule has 0 aliphatic carbocycles. The fourth-order valence-corrected chi connectivity index (χ4v) is 2.67. The van der Waals surface area contributed by atoms with E-state index in [0.29, 0.717) is 9.87 Å². The second-order valence-corrected chi connectivity index (χ2v) is 5.74. The van der Waals surface area contributed by atoms with Crippen LogP contribution in [0.15, 0.2) is 29.2 Å². The van der Waals surface area contributed by atoms with Crippen LogP contribution in [0.2, 0.25) is 0 Å². The van der Waals surface area contributed by atoms with Crippen LogP contribution in [0, 0.1) is 12.3 Å². The van der Waals surface area contributed by atoms with Crippen molar-refractivity contribution in [3.8, 4) is 12.3 Å². The van der Waals surface area contributed by atoms with Gasteiger partial charge in [0.2, 0.25) is 10.0 Å². The Morgan fingerprint density at radius 2 is 2.00 bits per heavy atom. The lowest BCUT2D eigenvalue weighted by Crippen LogP contribution is -2.47. The Morgan fingerprint density at radius 3 is 2.40 bits per heavy atom. The van der Waals surface area contributed by atoms with Gasteiger partial charge in [-0.05, 0) is 24.3 Å². The van der Waals surface area contributed by atoms with Crippen molar-refractivity contribution in [3.05, 3.63) is 29.8 Å². The number of benzene rings is 1. The van der Waals surface area contributed by atoms with Crippen LogP contribution in [-0.4, -0.2) is 43.2 Å². The Bertz CT molecular complexity index is 645. The molecule has 1 amide bonds. The fraction of sp³-hybridized carbons (Fsp3) is 0.167. The summed E-state index contributed by atoms with van der Waals surface area (Å²) in [4.78, 5) is 21.9. The van der Waals surface area contributed by atoms with Crippen molar-refractivity contribution in [1.29, 1.82) is 0 Å². The molecular weight excluding hydrogens is 284 g/mol. The summed E-state index contributed by atoms with van der Waals surface area (Å²) in [6.45, 7) is 0. The lowest BCUT2D eigenvalue weighted by Gasteiger charge is -2.21. The van der Waals surface area contributed by atoms with Gasteiger partial charge in [0.05, 0.1) is 4.90 Å². The van der Waals surface area contributed by atoms with Gasteiger partial charge < -0.3 is 4.79 Å². The molecule has 0 aliphatic rings. The summed E-state index contributed by atoms with van der Waals surface area (Å²) in [6.07, 6.45) is 5.27. The summed E-state index contributed by atoms with van der Waals surface area (Å²) in [7, 11) is -3.01. The average molecular weight is 296 g/mol. The molecule has 0 radical (unpaired) electrons. The number of aldehydes is 1. The minimum absolute atomic E-state index is 0.110. The standard InChI is InChI=1S/C12H12N2O5S/c1-3-9-4-6-10(7-5-9)20(18,19)14(2)11(8-15)12(16)13-17/h1,4-8,11,17H,2H3,(H,13,16)/t11-/m0/s1. The van der Waals surface area contributed by atoms with Crippen LogP contribution in [0.5, 0.6) is 0 Å². The van der Waals surface area contributed by atoms with Crippen LogP contribution in [0.3, 0.4) is 0 Å². The molecule has 0 saturated heterocycles. The Balaban J connectivity index is 3.17. The molecule has 20 heavy (non-hydrogen) atoms. The van der Waals surface area contributed by atoms with E-state index in [1.807, 2.05) is 0 Å². The molecule has 2 N–H and O–H groups in total. The molecule has 0 aromatic heterocycles. The molecule has 0 unspecified atom stereocenters. The molecule has 7 nitrogen and oxygen atoms in total. The van der Waals surface area contributed by atoms with Crippen molar-refractivity contribution in [2.75, 3.05) is 7.05 Å². The number of hydrogen-bond donors (Lipinski definition) is 2. The van der Waals surface area contributed by atoms with Crippen LogP contribution >= 0.6 is 0 Å². The monoisotopic (exact) mass is 296 g/mol. The third-order valence-corrected chi connectivity index (χ3v) is 4.45. The number of nitrogens with zero attached hydrogens (tertiary/aromatic N) is 1. The second-order valence-electron chi connectivity index (χ2n) is 3.75. The van der Waals surface area contributed by atoms with E-state index in [1.54, 1.807) is 0 Å². The van der Waals surface area contributed by atoms with Gasteiger partial charge in [0.15, 0.2) is 6.04 Å². The number of carbonyl (C=O) groups is 2. The van der Waals surface area contributed by atoms with Crippen molar-refractivity contribution in [2.45, 2.75) is 10.9 Å². The van der Waals surface area contributed by atoms with E-state index in [0.717, 1.165) is 7.05 Å². The number of rotatable bonds is 5. The molecule has 1 atom stereocenters. The number of likely N-dealkylation sites (N-methyl/N-ethyl adjacent to an activating group) is 1. The fourth-order valence-electron chi connectivity index (χ4n) is 1.42. The van der Waals surface area contributed by atoms with Gasteiger partial charge in [0, 0.05) is 12.6 Å². The van der Waals surface area contributed by atoms with Crippen molar-refractivity contribution >= 4 is 22.2 Å². The summed E-state index contributed by atoms with van der Waals surface area (Å²) < 4.78 is 25.0. The van der Waals surface area contributed by atoms with Gasteiger partial charge in [0.25, 0.3) is 5.91 Å². The number of terminal acetylenes is 1. The predicted octanol–water partition coefficient (Wildman–Crippen LogP) is -0.639. The first-order chi connectivity index (χ1) is 9.38. The Hall–Kier alpha value is -2.21. The van der Waals surface area contributed by atoms with E-state index in [4.69, 9.17) is 11.6 Å². The summed E-state index contributed by atoms with van der Waals surface area (Å²) in [6, 6.07) is 3.70. The first-order valence-corrected chi connectivity index (χ1v) is 6.76. The van der Waals surface area contributed by atoms with Gasteiger partial charge in [0.1, 0.15) is 6.29 Å².